The number of carbonyl (C=O) groups excluding carboxylic acids is 1. The summed E-state index contributed by atoms with van der Waals surface area (Å²) in [6.45, 7) is 3.78. The molecule has 0 saturated heterocycles. The zero-order valence-corrected chi connectivity index (χ0v) is 11.1. The minimum Gasteiger partial charge on any atom is -0.480 e. The Morgan fingerprint density at radius 3 is 2.74 bits per heavy atom. The van der Waals surface area contributed by atoms with Gasteiger partial charge in [0.25, 0.3) is 0 Å². The van der Waals surface area contributed by atoms with Crippen LogP contribution < -0.4 is 11.1 Å². The number of aromatic amines is 1. The molecule has 0 fully saturated rings. The van der Waals surface area contributed by atoms with Crippen LogP contribution >= 0.6 is 0 Å². The third-order valence-corrected chi connectivity index (χ3v) is 3.15. The molecule has 0 aliphatic carbocycles. The largest absolute Gasteiger partial charge is 0.480 e. The molecular weight excluding hydrogens is 248 g/mol. The van der Waals surface area contributed by atoms with Crippen molar-refractivity contribution in [3.05, 3.63) is 18.2 Å². The summed E-state index contributed by atoms with van der Waals surface area (Å²) in [5.41, 5.74) is 6.41. The first kappa shape index (κ1) is 15.2. The fourth-order valence-corrected chi connectivity index (χ4v) is 1.60. The van der Waals surface area contributed by atoms with Crippen LogP contribution in [0.15, 0.2) is 12.5 Å². The molecule has 1 rings (SSSR count). The fraction of sp³-hybridized carbons (Fsp3) is 0.583. The fourth-order valence-electron chi connectivity index (χ4n) is 1.60. The lowest BCUT2D eigenvalue weighted by Gasteiger charge is -2.20. The van der Waals surface area contributed by atoms with Gasteiger partial charge in [-0.25, -0.2) is 9.78 Å². The molecule has 0 aliphatic heterocycles. The van der Waals surface area contributed by atoms with Crippen molar-refractivity contribution in [2.24, 2.45) is 11.7 Å². The molecule has 0 aromatic carbocycles. The van der Waals surface area contributed by atoms with Crippen molar-refractivity contribution in [3.8, 4) is 0 Å². The van der Waals surface area contributed by atoms with Gasteiger partial charge in [0.2, 0.25) is 5.91 Å². The van der Waals surface area contributed by atoms with Gasteiger partial charge in [-0.2, -0.15) is 0 Å². The lowest BCUT2D eigenvalue weighted by molar-refractivity contribution is -0.142. The molecule has 1 amide bonds. The van der Waals surface area contributed by atoms with Crippen molar-refractivity contribution in [3.63, 3.8) is 0 Å². The highest BCUT2D eigenvalue weighted by atomic mass is 16.4. The Balaban J connectivity index is 2.63. The Labute approximate surface area is 111 Å². The first-order valence-corrected chi connectivity index (χ1v) is 6.21. The molecule has 19 heavy (non-hydrogen) atoms. The number of nitrogens with two attached hydrogens (primary N) is 1. The Kier molecular flexibility index (Phi) is 5.50. The second-order valence-corrected chi connectivity index (χ2v) is 4.59. The summed E-state index contributed by atoms with van der Waals surface area (Å²) in [6, 6.07) is -1.71. The number of carboxylic acids is 1. The van der Waals surface area contributed by atoms with E-state index >= 15 is 0 Å². The lowest BCUT2D eigenvalue weighted by Crippen LogP contribution is -2.51. The summed E-state index contributed by atoms with van der Waals surface area (Å²) in [4.78, 5) is 29.6. The van der Waals surface area contributed by atoms with Gasteiger partial charge in [-0.15, -0.1) is 0 Å². The van der Waals surface area contributed by atoms with Gasteiger partial charge in [0, 0.05) is 18.3 Å². The number of nitrogens with one attached hydrogen (secondary N) is 2. The van der Waals surface area contributed by atoms with E-state index in [0.717, 1.165) is 6.42 Å². The second-order valence-electron chi connectivity index (χ2n) is 4.59. The topological polar surface area (TPSA) is 121 Å². The van der Waals surface area contributed by atoms with Crippen molar-refractivity contribution in [1.82, 2.24) is 15.3 Å². The molecule has 5 N–H and O–H groups in total. The first-order chi connectivity index (χ1) is 8.95. The van der Waals surface area contributed by atoms with Gasteiger partial charge in [-0.1, -0.05) is 20.3 Å². The summed E-state index contributed by atoms with van der Waals surface area (Å²) in [5, 5.41) is 11.6. The molecule has 1 aromatic heterocycles. The SMILES string of the molecule is CCC(C)[C@H](N)C(=O)N[C@@H](Cc1cnc[nH]1)C(=O)O. The molecule has 0 bridgehead atoms. The molecule has 1 unspecified atom stereocenters. The first-order valence-electron chi connectivity index (χ1n) is 6.21. The molecule has 3 atom stereocenters. The zero-order valence-electron chi connectivity index (χ0n) is 11.1. The number of aliphatic carboxylic acids is 1. The Morgan fingerprint density at radius 1 is 1.58 bits per heavy atom. The molecule has 1 heterocycles. The summed E-state index contributed by atoms with van der Waals surface area (Å²) >= 11 is 0. The summed E-state index contributed by atoms with van der Waals surface area (Å²) < 4.78 is 0. The van der Waals surface area contributed by atoms with Crippen LogP contribution in [-0.4, -0.2) is 39.0 Å². The predicted octanol–water partition coefficient (Wildman–Crippen LogP) is -0.105. The van der Waals surface area contributed by atoms with Gasteiger partial charge in [0.1, 0.15) is 6.04 Å². The van der Waals surface area contributed by atoms with E-state index in [0.29, 0.717) is 5.69 Å². The molecule has 7 nitrogen and oxygen atoms in total. The second kappa shape index (κ2) is 6.89. The van der Waals surface area contributed by atoms with Gasteiger partial charge in [0.15, 0.2) is 0 Å². The van der Waals surface area contributed by atoms with E-state index in [2.05, 4.69) is 15.3 Å². The highest BCUT2D eigenvalue weighted by Crippen LogP contribution is 2.06. The van der Waals surface area contributed by atoms with Crippen LogP contribution in [0.5, 0.6) is 0 Å². The lowest BCUT2D eigenvalue weighted by atomic mass is 9.99. The Hall–Kier alpha value is -1.89. The number of H-pyrrole nitrogens is 1. The number of rotatable bonds is 7. The van der Waals surface area contributed by atoms with E-state index in [1.165, 1.54) is 12.5 Å². The summed E-state index contributed by atoms with van der Waals surface area (Å²) in [5.74, 6) is -1.54. The minimum absolute atomic E-state index is 0.00148. The maximum atomic E-state index is 11.9. The van der Waals surface area contributed by atoms with E-state index < -0.39 is 24.0 Å². The van der Waals surface area contributed by atoms with Crippen LogP contribution in [0, 0.1) is 5.92 Å². The van der Waals surface area contributed by atoms with E-state index in [9.17, 15) is 9.59 Å². The average molecular weight is 268 g/mol. The van der Waals surface area contributed by atoms with Crippen molar-refractivity contribution >= 4 is 11.9 Å². The third-order valence-electron chi connectivity index (χ3n) is 3.15. The summed E-state index contributed by atoms with van der Waals surface area (Å²) in [7, 11) is 0. The summed E-state index contributed by atoms with van der Waals surface area (Å²) in [6.07, 6.45) is 3.89. The van der Waals surface area contributed by atoms with E-state index in [4.69, 9.17) is 10.8 Å². The maximum Gasteiger partial charge on any atom is 0.326 e. The molecule has 0 radical (unpaired) electrons. The number of aromatic nitrogens is 2. The smallest absolute Gasteiger partial charge is 0.326 e. The van der Waals surface area contributed by atoms with Crippen molar-refractivity contribution in [2.45, 2.75) is 38.8 Å². The quantitative estimate of drug-likeness (QED) is 0.550. The zero-order chi connectivity index (χ0) is 14.4. The third kappa shape index (κ3) is 4.36. The Morgan fingerprint density at radius 2 is 2.26 bits per heavy atom. The normalized spacial score (nSPS) is 15.5. The van der Waals surface area contributed by atoms with Crippen LogP contribution in [-0.2, 0) is 16.0 Å². The molecule has 0 aliphatic rings. The number of hydrogen-bond donors (Lipinski definition) is 4. The molecule has 0 spiro atoms. The minimum atomic E-state index is -1.10. The number of amides is 1. The highest BCUT2D eigenvalue weighted by Gasteiger charge is 2.26. The van der Waals surface area contributed by atoms with Gasteiger partial charge >= 0.3 is 5.97 Å². The number of carbonyl (C=O) groups is 2. The van der Waals surface area contributed by atoms with Gasteiger partial charge in [-0.3, -0.25) is 4.79 Å². The van der Waals surface area contributed by atoms with Gasteiger partial charge in [0.05, 0.1) is 12.4 Å². The van der Waals surface area contributed by atoms with Crippen molar-refractivity contribution < 1.29 is 14.7 Å². The molecule has 0 saturated carbocycles. The Bertz CT molecular complexity index is 419. The number of carboxylic acid groups (broad SMARTS) is 1. The van der Waals surface area contributed by atoms with Crippen LogP contribution in [0.4, 0.5) is 0 Å². The van der Waals surface area contributed by atoms with Gasteiger partial charge < -0.3 is 21.1 Å². The van der Waals surface area contributed by atoms with E-state index in [-0.39, 0.29) is 12.3 Å². The van der Waals surface area contributed by atoms with Crippen molar-refractivity contribution in [2.75, 3.05) is 0 Å². The molecule has 106 valence electrons. The maximum absolute atomic E-state index is 11.9. The molecule has 1 aromatic rings. The van der Waals surface area contributed by atoms with Crippen LogP contribution in [0.1, 0.15) is 26.0 Å². The number of imidazole rings is 1. The van der Waals surface area contributed by atoms with Gasteiger partial charge in [-0.05, 0) is 5.92 Å². The monoisotopic (exact) mass is 268 g/mol. The van der Waals surface area contributed by atoms with Crippen LogP contribution in [0.2, 0.25) is 0 Å². The van der Waals surface area contributed by atoms with Crippen molar-refractivity contribution in [1.29, 1.82) is 0 Å². The molecule has 7 heteroatoms. The van der Waals surface area contributed by atoms with Crippen LogP contribution in [0.3, 0.4) is 0 Å². The standard InChI is InChI=1S/C12H20N4O3/c1-3-7(2)10(13)11(17)16-9(12(18)19)4-8-5-14-6-15-8/h5-7,9-10H,3-4,13H2,1-2H3,(H,14,15)(H,16,17)(H,18,19)/t7?,9-,10-/m0/s1. The average Bonchev–Trinajstić information content (AvgIpc) is 2.88. The van der Waals surface area contributed by atoms with E-state index in [1.54, 1.807) is 0 Å². The predicted molar refractivity (Wildman–Crippen MR) is 69.3 cm³/mol. The van der Waals surface area contributed by atoms with Crippen LogP contribution in [0.25, 0.3) is 0 Å². The number of nitrogens with zero attached hydrogens (tertiary/aromatic N) is 1. The molecular formula is C12H20N4O3. The highest BCUT2D eigenvalue weighted by molar-refractivity contribution is 5.87. The van der Waals surface area contributed by atoms with E-state index in [1.807, 2.05) is 13.8 Å². The number of hydrogen-bond acceptors (Lipinski definition) is 4.